The normalized spacial score (nSPS) is 33.2. The minimum absolute atomic E-state index is 0.205. The summed E-state index contributed by atoms with van der Waals surface area (Å²) < 4.78 is 0. The molecule has 1 rings (SSSR count). The molecule has 10 heavy (non-hydrogen) atoms. The second-order valence-corrected chi connectivity index (χ2v) is 2.87. The van der Waals surface area contributed by atoms with Gasteiger partial charge >= 0.3 is 0 Å². The van der Waals surface area contributed by atoms with Gasteiger partial charge in [0.2, 0.25) is 0 Å². The van der Waals surface area contributed by atoms with E-state index in [1.807, 2.05) is 0 Å². The second kappa shape index (κ2) is 2.93. The number of hydrogen-bond acceptors (Lipinski definition) is 2. The van der Waals surface area contributed by atoms with Gasteiger partial charge in [0, 0.05) is 10.1 Å². The molecule has 0 heterocycles. The average molecular weight is 181 g/mol. The molecule has 0 aromatic carbocycles. The maximum absolute atomic E-state index is 9.04. The van der Waals surface area contributed by atoms with Gasteiger partial charge in [0.05, 0.1) is 0 Å². The number of aliphatic hydroxyl groups excluding tert-OH is 2. The van der Waals surface area contributed by atoms with E-state index in [4.69, 9.17) is 33.4 Å². The van der Waals surface area contributed by atoms with Crippen LogP contribution in [0.15, 0.2) is 22.2 Å². The Labute approximate surface area is 68.4 Å². The predicted molar refractivity (Wildman–Crippen MR) is 39.9 cm³/mol. The highest BCUT2D eigenvalue weighted by Gasteiger charge is 2.24. The first-order chi connectivity index (χ1) is 4.63. The van der Waals surface area contributed by atoms with Crippen LogP contribution in [-0.4, -0.2) is 22.4 Å². The Morgan fingerprint density at radius 3 is 1.60 bits per heavy atom. The first-order valence-corrected chi connectivity index (χ1v) is 3.47. The second-order valence-electron chi connectivity index (χ2n) is 1.99. The zero-order valence-corrected chi connectivity index (χ0v) is 6.47. The zero-order valence-electron chi connectivity index (χ0n) is 4.96. The van der Waals surface area contributed by atoms with Gasteiger partial charge in [-0.15, -0.1) is 0 Å². The summed E-state index contributed by atoms with van der Waals surface area (Å²) in [6, 6.07) is 0. The third-order valence-electron chi connectivity index (χ3n) is 1.27. The van der Waals surface area contributed by atoms with Crippen molar-refractivity contribution in [3.63, 3.8) is 0 Å². The minimum Gasteiger partial charge on any atom is -0.384 e. The van der Waals surface area contributed by atoms with Crippen LogP contribution in [0.5, 0.6) is 0 Å². The molecule has 0 aliphatic heterocycles. The van der Waals surface area contributed by atoms with E-state index >= 15 is 0 Å². The van der Waals surface area contributed by atoms with Crippen LogP contribution < -0.4 is 0 Å². The SMILES string of the molecule is OC1C(Cl)=CC=C(Cl)C1O. The highest BCUT2D eigenvalue weighted by atomic mass is 35.5. The molecular weight excluding hydrogens is 175 g/mol. The molecule has 1 aliphatic carbocycles. The number of allylic oxidation sites excluding steroid dienone is 2. The van der Waals surface area contributed by atoms with Gasteiger partial charge in [-0.1, -0.05) is 23.2 Å². The summed E-state index contributed by atoms with van der Waals surface area (Å²) in [4.78, 5) is 0. The first-order valence-electron chi connectivity index (χ1n) is 2.72. The lowest BCUT2D eigenvalue weighted by Gasteiger charge is -2.19. The summed E-state index contributed by atoms with van der Waals surface area (Å²) >= 11 is 11.0. The van der Waals surface area contributed by atoms with Crippen molar-refractivity contribution in [3.05, 3.63) is 22.2 Å². The van der Waals surface area contributed by atoms with Crippen LogP contribution in [0.3, 0.4) is 0 Å². The van der Waals surface area contributed by atoms with Gasteiger partial charge in [0.15, 0.2) is 0 Å². The Balaban J connectivity index is 2.86. The molecule has 0 aromatic rings. The molecule has 0 saturated heterocycles. The maximum atomic E-state index is 9.04. The minimum atomic E-state index is -1.07. The molecule has 1 aliphatic rings. The Morgan fingerprint density at radius 2 is 1.30 bits per heavy atom. The van der Waals surface area contributed by atoms with E-state index in [9.17, 15) is 0 Å². The molecule has 56 valence electrons. The van der Waals surface area contributed by atoms with Crippen molar-refractivity contribution in [2.45, 2.75) is 12.2 Å². The van der Waals surface area contributed by atoms with Gasteiger partial charge in [-0.2, -0.15) is 0 Å². The quantitative estimate of drug-likeness (QED) is 0.584. The monoisotopic (exact) mass is 180 g/mol. The van der Waals surface area contributed by atoms with E-state index in [0.717, 1.165) is 0 Å². The van der Waals surface area contributed by atoms with Crippen LogP contribution in [0.25, 0.3) is 0 Å². The fraction of sp³-hybridized carbons (Fsp3) is 0.333. The molecule has 2 nitrogen and oxygen atoms in total. The van der Waals surface area contributed by atoms with Crippen molar-refractivity contribution >= 4 is 23.2 Å². The van der Waals surface area contributed by atoms with Crippen molar-refractivity contribution in [3.8, 4) is 0 Å². The van der Waals surface area contributed by atoms with Gasteiger partial charge in [0.25, 0.3) is 0 Å². The fourth-order valence-electron chi connectivity index (χ4n) is 0.658. The van der Waals surface area contributed by atoms with Gasteiger partial charge in [-0.25, -0.2) is 0 Å². The number of hydrogen-bond donors (Lipinski definition) is 2. The lowest BCUT2D eigenvalue weighted by Crippen LogP contribution is -2.28. The lowest BCUT2D eigenvalue weighted by atomic mass is 10.1. The van der Waals surface area contributed by atoms with E-state index < -0.39 is 12.2 Å². The topological polar surface area (TPSA) is 40.5 Å². The molecular formula is C6H6Cl2O2. The smallest absolute Gasteiger partial charge is 0.120 e. The molecule has 2 atom stereocenters. The highest BCUT2D eigenvalue weighted by molar-refractivity contribution is 6.33. The molecule has 0 fully saturated rings. The largest absolute Gasteiger partial charge is 0.384 e. The molecule has 4 heteroatoms. The molecule has 0 aromatic heterocycles. The van der Waals surface area contributed by atoms with E-state index in [1.54, 1.807) is 0 Å². The molecule has 2 N–H and O–H groups in total. The first kappa shape index (κ1) is 8.08. The molecule has 0 amide bonds. The third kappa shape index (κ3) is 1.35. The van der Waals surface area contributed by atoms with E-state index in [-0.39, 0.29) is 10.1 Å². The highest BCUT2D eigenvalue weighted by Crippen LogP contribution is 2.24. The maximum Gasteiger partial charge on any atom is 0.120 e. The van der Waals surface area contributed by atoms with Gasteiger partial charge < -0.3 is 10.2 Å². The fourth-order valence-corrected chi connectivity index (χ4v) is 1.02. The van der Waals surface area contributed by atoms with Crippen LogP contribution in [0.4, 0.5) is 0 Å². The zero-order chi connectivity index (χ0) is 7.72. The van der Waals surface area contributed by atoms with Crippen molar-refractivity contribution in [2.24, 2.45) is 0 Å². The van der Waals surface area contributed by atoms with Gasteiger partial charge in [-0.05, 0) is 12.2 Å². The Morgan fingerprint density at radius 1 is 1.00 bits per heavy atom. The molecule has 0 saturated carbocycles. The van der Waals surface area contributed by atoms with E-state index in [2.05, 4.69) is 0 Å². The van der Waals surface area contributed by atoms with Crippen molar-refractivity contribution in [1.82, 2.24) is 0 Å². The molecule has 2 unspecified atom stereocenters. The van der Waals surface area contributed by atoms with Crippen molar-refractivity contribution in [2.75, 3.05) is 0 Å². The van der Waals surface area contributed by atoms with Crippen LogP contribution in [-0.2, 0) is 0 Å². The Hall–Kier alpha value is -0.0200. The van der Waals surface area contributed by atoms with Crippen LogP contribution >= 0.6 is 23.2 Å². The summed E-state index contributed by atoms with van der Waals surface area (Å²) in [5.41, 5.74) is 0. The Bertz CT molecular complexity index is 176. The summed E-state index contributed by atoms with van der Waals surface area (Å²) in [5.74, 6) is 0. The number of rotatable bonds is 0. The summed E-state index contributed by atoms with van der Waals surface area (Å²) in [7, 11) is 0. The molecule has 0 spiro atoms. The van der Waals surface area contributed by atoms with E-state index in [0.29, 0.717) is 0 Å². The van der Waals surface area contributed by atoms with E-state index in [1.165, 1.54) is 12.2 Å². The summed E-state index contributed by atoms with van der Waals surface area (Å²) in [5, 5.41) is 18.5. The van der Waals surface area contributed by atoms with Gasteiger partial charge in [0.1, 0.15) is 12.2 Å². The van der Waals surface area contributed by atoms with Crippen LogP contribution in [0.1, 0.15) is 0 Å². The lowest BCUT2D eigenvalue weighted by molar-refractivity contribution is 0.0734. The number of aliphatic hydroxyl groups is 2. The van der Waals surface area contributed by atoms with Crippen molar-refractivity contribution in [1.29, 1.82) is 0 Å². The number of halogens is 2. The summed E-state index contributed by atoms with van der Waals surface area (Å²) in [6.07, 6.45) is 0.779. The third-order valence-corrected chi connectivity index (χ3v) is 1.97. The summed E-state index contributed by atoms with van der Waals surface area (Å²) in [6.45, 7) is 0. The predicted octanol–water partition coefficient (Wildman–Crippen LogP) is 0.967. The molecule has 0 radical (unpaired) electrons. The Kier molecular flexibility index (Phi) is 2.36. The average Bonchev–Trinajstić information content (AvgIpc) is 1.93. The van der Waals surface area contributed by atoms with Crippen molar-refractivity contribution < 1.29 is 10.2 Å². The van der Waals surface area contributed by atoms with Gasteiger partial charge in [-0.3, -0.25) is 0 Å². The molecule has 0 bridgehead atoms. The van der Waals surface area contributed by atoms with Crippen LogP contribution in [0.2, 0.25) is 0 Å². The van der Waals surface area contributed by atoms with Crippen LogP contribution in [0, 0.1) is 0 Å². The standard InChI is InChI=1S/C6H6Cl2O2/c7-3-1-2-4(8)6(10)5(3)9/h1-2,5-6,9-10H.